The SMILES string of the molecule is N#Cc1ccc(OCC(=O)Nc2ccc(-c3ccc(N4CCCCC4)nn3)cc2)cc1. The van der Waals surface area contributed by atoms with Crippen LogP contribution in [-0.2, 0) is 4.79 Å². The number of aromatic nitrogens is 2. The Labute approximate surface area is 181 Å². The van der Waals surface area contributed by atoms with Gasteiger partial charge in [0.05, 0.1) is 17.3 Å². The number of hydrogen-bond donors (Lipinski definition) is 1. The van der Waals surface area contributed by atoms with Gasteiger partial charge in [-0.3, -0.25) is 4.79 Å². The number of benzene rings is 2. The molecule has 0 saturated carbocycles. The van der Waals surface area contributed by atoms with E-state index in [2.05, 4.69) is 20.4 Å². The number of anilines is 2. The van der Waals surface area contributed by atoms with E-state index in [1.807, 2.05) is 42.5 Å². The molecule has 0 aliphatic carbocycles. The van der Waals surface area contributed by atoms with Crippen molar-refractivity contribution in [3.05, 3.63) is 66.2 Å². The fourth-order valence-corrected chi connectivity index (χ4v) is 3.47. The highest BCUT2D eigenvalue weighted by Gasteiger charge is 2.13. The van der Waals surface area contributed by atoms with Gasteiger partial charge in [-0.2, -0.15) is 5.26 Å². The van der Waals surface area contributed by atoms with Crippen LogP contribution in [0.5, 0.6) is 5.75 Å². The third-order valence-corrected chi connectivity index (χ3v) is 5.15. The van der Waals surface area contributed by atoms with Crippen LogP contribution in [0.3, 0.4) is 0 Å². The Balaban J connectivity index is 1.31. The zero-order valence-electron chi connectivity index (χ0n) is 17.1. The van der Waals surface area contributed by atoms with Crippen molar-refractivity contribution in [2.45, 2.75) is 19.3 Å². The summed E-state index contributed by atoms with van der Waals surface area (Å²) >= 11 is 0. The lowest BCUT2D eigenvalue weighted by Crippen LogP contribution is -2.30. The van der Waals surface area contributed by atoms with E-state index >= 15 is 0 Å². The molecule has 2 aromatic carbocycles. The van der Waals surface area contributed by atoms with Gasteiger partial charge in [-0.1, -0.05) is 12.1 Å². The Hall–Kier alpha value is -3.92. The number of carbonyl (C=O) groups is 1. The molecular formula is C24H23N5O2. The lowest BCUT2D eigenvalue weighted by molar-refractivity contribution is -0.118. The number of nitrogens with zero attached hydrogens (tertiary/aromatic N) is 4. The Bertz CT molecular complexity index is 1050. The molecule has 1 N–H and O–H groups in total. The summed E-state index contributed by atoms with van der Waals surface area (Å²) in [6.07, 6.45) is 3.69. The van der Waals surface area contributed by atoms with Crippen LogP contribution in [0.2, 0.25) is 0 Å². The van der Waals surface area contributed by atoms with Gasteiger partial charge in [0.15, 0.2) is 12.4 Å². The summed E-state index contributed by atoms with van der Waals surface area (Å²) in [4.78, 5) is 14.4. The number of nitrogens with one attached hydrogen (secondary N) is 1. The van der Waals surface area contributed by atoms with Gasteiger partial charge < -0.3 is 15.0 Å². The number of carbonyl (C=O) groups excluding carboxylic acids is 1. The largest absolute Gasteiger partial charge is 0.484 e. The Morgan fingerprint density at radius 2 is 1.71 bits per heavy atom. The second-order valence-corrected chi connectivity index (χ2v) is 7.37. The Kier molecular flexibility index (Phi) is 6.38. The van der Waals surface area contributed by atoms with Crippen LogP contribution < -0.4 is 15.0 Å². The first-order valence-corrected chi connectivity index (χ1v) is 10.3. The molecule has 156 valence electrons. The van der Waals surface area contributed by atoms with Crippen molar-refractivity contribution in [3.63, 3.8) is 0 Å². The van der Waals surface area contributed by atoms with Gasteiger partial charge in [-0.05, 0) is 67.8 Å². The highest BCUT2D eigenvalue weighted by molar-refractivity contribution is 5.92. The Morgan fingerprint density at radius 3 is 2.35 bits per heavy atom. The number of rotatable bonds is 6. The molecule has 1 fully saturated rings. The molecule has 0 unspecified atom stereocenters. The molecule has 1 aromatic heterocycles. The topological polar surface area (TPSA) is 91.1 Å². The number of amides is 1. The summed E-state index contributed by atoms with van der Waals surface area (Å²) in [5.41, 5.74) is 2.95. The van der Waals surface area contributed by atoms with Gasteiger partial charge in [0.1, 0.15) is 5.75 Å². The maximum absolute atomic E-state index is 12.1. The molecule has 4 rings (SSSR count). The summed E-state index contributed by atoms with van der Waals surface area (Å²) in [6.45, 7) is 1.96. The summed E-state index contributed by atoms with van der Waals surface area (Å²) in [6, 6.07) is 20.1. The standard InChI is InChI=1S/C24H23N5O2/c25-16-18-4-10-21(11-5-18)31-17-24(30)26-20-8-6-19(7-9-20)22-12-13-23(28-27-22)29-14-2-1-3-15-29/h4-13H,1-3,14-15,17H2,(H,26,30). The maximum atomic E-state index is 12.1. The first kappa shape index (κ1) is 20.4. The van der Waals surface area contributed by atoms with Crippen LogP contribution in [0.25, 0.3) is 11.3 Å². The van der Waals surface area contributed by atoms with Crippen molar-refractivity contribution < 1.29 is 9.53 Å². The normalized spacial score (nSPS) is 13.3. The van der Waals surface area contributed by atoms with E-state index in [9.17, 15) is 4.79 Å². The first-order valence-electron chi connectivity index (χ1n) is 10.3. The monoisotopic (exact) mass is 413 g/mol. The lowest BCUT2D eigenvalue weighted by Gasteiger charge is -2.27. The molecule has 3 aromatic rings. The third-order valence-electron chi connectivity index (χ3n) is 5.15. The molecule has 1 amide bonds. The fourth-order valence-electron chi connectivity index (χ4n) is 3.47. The molecule has 1 saturated heterocycles. The molecule has 1 aliphatic rings. The van der Waals surface area contributed by atoms with Crippen LogP contribution >= 0.6 is 0 Å². The molecule has 0 radical (unpaired) electrons. The lowest BCUT2D eigenvalue weighted by atomic mass is 10.1. The second kappa shape index (κ2) is 9.72. The number of ether oxygens (including phenoxy) is 1. The summed E-state index contributed by atoms with van der Waals surface area (Å²) in [7, 11) is 0. The van der Waals surface area contributed by atoms with E-state index in [4.69, 9.17) is 10.00 Å². The second-order valence-electron chi connectivity index (χ2n) is 7.37. The first-order chi connectivity index (χ1) is 15.2. The van der Waals surface area contributed by atoms with Crippen molar-refractivity contribution in [1.82, 2.24) is 10.2 Å². The highest BCUT2D eigenvalue weighted by atomic mass is 16.5. The molecule has 2 heterocycles. The molecule has 7 heteroatoms. The summed E-state index contributed by atoms with van der Waals surface area (Å²) in [5, 5.41) is 20.4. The fraction of sp³-hybridized carbons (Fsp3) is 0.250. The molecule has 7 nitrogen and oxygen atoms in total. The number of hydrogen-bond acceptors (Lipinski definition) is 6. The van der Waals surface area contributed by atoms with Crippen molar-refractivity contribution in [3.8, 4) is 23.1 Å². The average Bonchev–Trinajstić information content (AvgIpc) is 2.84. The van der Waals surface area contributed by atoms with E-state index in [0.29, 0.717) is 17.0 Å². The molecule has 0 spiro atoms. The van der Waals surface area contributed by atoms with E-state index in [1.54, 1.807) is 24.3 Å². The van der Waals surface area contributed by atoms with Crippen molar-refractivity contribution in [2.24, 2.45) is 0 Å². The van der Waals surface area contributed by atoms with Gasteiger partial charge in [-0.15, -0.1) is 10.2 Å². The minimum atomic E-state index is -0.261. The van der Waals surface area contributed by atoms with Gasteiger partial charge in [0, 0.05) is 24.3 Å². The smallest absolute Gasteiger partial charge is 0.262 e. The van der Waals surface area contributed by atoms with Gasteiger partial charge in [0.2, 0.25) is 0 Å². The van der Waals surface area contributed by atoms with E-state index in [1.165, 1.54) is 19.3 Å². The Morgan fingerprint density at radius 1 is 0.968 bits per heavy atom. The molecule has 0 bridgehead atoms. The van der Waals surface area contributed by atoms with Crippen LogP contribution in [-0.4, -0.2) is 35.8 Å². The van der Waals surface area contributed by atoms with E-state index in [0.717, 1.165) is 30.2 Å². The highest BCUT2D eigenvalue weighted by Crippen LogP contribution is 2.22. The molecular weight excluding hydrogens is 390 g/mol. The van der Waals surface area contributed by atoms with Crippen molar-refractivity contribution >= 4 is 17.4 Å². The van der Waals surface area contributed by atoms with Gasteiger partial charge in [0.25, 0.3) is 5.91 Å². The predicted molar refractivity (Wildman–Crippen MR) is 119 cm³/mol. The quantitative estimate of drug-likeness (QED) is 0.656. The minimum Gasteiger partial charge on any atom is -0.484 e. The zero-order chi connectivity index (χ0) is 21.5. The molecule has 31 heavy (non-hydrogen) atoms. The maximum Gasteiger partial charge on any atom is 0.262 e. The van der Waals surface area contributed by atoms with Crippen LogP contribution in [0.4, 0.5) is 11.5 Å². The third kappa shape index (κ3) is 5.37. The average molecular weight is 413 g/mol. The summed E-state index contributed by atoms with van der Waals surface area (Å²) < 4.78 is 5.45. The van der Waals surface area contributed by atoms with E-state index in [-0.39, 0.29) is 12.5 Å². The van der Waals surface area contributed by atoms with Crippen LogP contribution in [0.15, 0.2) is 60.7 Å². The van der Waals surface area contributed by atoms with E-state index < -0.39 is 0 Å². The summed E-state index contributed by atoms with van der Waals surface area (Å²) in [5.74, 6) is 1.20. The van der Waals surface area contributed by atoms with Crippen LogP contribution in [0.1, 0.15) is 24.8 Å². The van der Waals surface area contributed by atoms with Gasteiger partial charge in [-0.25, -0.2) is 0 Å². The number of nitriles is 1. The predicted octanol–water partition coefficient (Wildman–Crippen LogP) is 4.02. The van der Waals surface area contributed by atoms with Crippen LogP contribution in [0, 0.1) is 11.3 Å². The minimum absolute atomic E-state index is 0.114. The van der Waals surface area contributed by atoms with Crippen molar-refractivity contribution in [2.75, 3.05) is 29.9 Å². The zero-order valence-corrected chi connectivity index (χ0v) is 17.1. The van der Waals surface area contributed by atoms with Gasteiger partial charge >= 0.3 is 0 Å². The molecule has 1 aliphatic heterocycles. The van der Waals surface area contributed by atoms with Crippen molar-refractivity contribution in [1.29, 1.82) is 5.26 Å². The molecule has 0 atom stereocenters. The number of piperidine rings is 1.